The number of ether oxygens (including phenoxy) is 1. The lowest BCUT2D eigenvalue weighted by atomic mass is 9.93. The third kappa shape index (κ3) is 3.52. The number of nitrogens with two attached hydrogens (primary N) is 1. The summed E-state index contributed by atoms with van der Waals surface area (Å²) in [7, 11) is 0. The van der Waals surface area contributed by atoms with Crippen LogP contribution in [0.15, 0.2) is 12.7 Å². The number of carbonyl (C=O) groups excluding carboxylic acids is 1. The van der Waals surface area contributed by atoms with Crippen LogP contribution in [-0.4, -0.2) is 35.7 Å². The molecule has 0 aromatic rings. The molecule has 1 saturated heterocycles. The van der Waals surface area contributed by atoms with E-state index in [9.17, 15) is 4.79 Å². The zero-order chi connectivity index (χ0) is 12.3. The van der Waals surface area contributed by atoms with Crippen LogP contribution in [0.3, 0.4) is 0 Å². The first-order valence-electron chi connectivity index (χ1n) is 5.69. The average molecular weight is 226 g/mol. The zero-order valence-corrected chi connectivity index (χ0v) is 10.4. The molecule has 1 rings (SSSR count). The van der Waals surface area contributed by atoms with Gasteiger partial charge in [-0.3, -0.25) is 0 Å². The molecule has 0 aromatic heterocycles. The van der Waals surface area contributed by atoms with Crippen molar-refractivity contribution in [3.63, 3.8) is 0 Å². The number of piperidine rings is 1. The molecule has 0 saturated carbocycles. The highest BCUT2D eigenvalue weighted by atomic mass is 16.6. The molecule has 0 aliphatic carbocycles. The minimum atomic E-state index is -0.448. The molecule has 0 radical (unpaired) electrons. The summed E-state index contributed by atoms with van der Waals surface area (Å²) >= 11 is 0. The van der Waals surface area contributed by atoms with E-state index in [-0.39, 0.29) is 12.1 Å². The molecule has 1 aliphatic rings. The van der Waals surface area contributed by atoms with E-state index < -0.39 is 5.60 Å². The van der Waals surface area contributed by atoms with E-state index in [1.54, 1.807) is 4.90 Å². The molecule has 92 valence electrons. The molecule has 4 nitrogen and oxygen atoms in total. The Labute approximate surface area is 97.4 Å². The van der Waals surface area contributed by atoms with Gasteiger partial charge in [-0.25, -0.2) is 4.79 Å². The second-order valence-corrected chi connectivity index (χ2v) is 5.28. The Bertz CT molecular complexity index is 271. The predicted octanol–water partition coefficient (Wildman–Crippen LogP) is 1.76. The smallest absolute Gasteiger partial charge is 0.410 e. The van der Waals surface area contributed by atoms with Gasteiger partial charge >= 0.3 is 6.09 Å². The molecule has 2 unspecified atom stereocenters. The van der Waals surface area contributed by atoms with Crippen LogP contribution in [0.1, 0.15) is 27.2 Å². The van der Waals surface area contributed by atoms with Crippen LogP contribution in [0.5, 0.6) is 0 Å². The zero-order valence-electron chi connectivity index (χ0n) is 10.4. The molecule has 4 heteroatoms. The molecule has 16 heavy (non-hydrogen) atoms. The average Bonchev–Trinajstić information content (AvgIpc) is 2.15. The third-order valence-electron chi connectivity index (χ3n) is 2.67. The highest BCUT2D eigenvalue weighted by Gasteiger charge is 2.29. The Morgan fingerprint density at radius 2 is 2.19 bits per heavy atom. The van der Waals surface area contributed by atoms with Crippen molar-refractivity contribution in [1.29, 1.82) is 0 Å². The summed E-state index contributed by atoms with van der Waals surface area (Å²) in [4.78, 5) is 13.5. The van der Waals surface area contributed by atoms with Crippen LogP contribution in [-0.2, 0) is 4.74 Å². The molecule has 1 heterocycles. The normalized spacial score (nSPS) is 26.4. The van der Waals surface area contributed by atoms with Gasteiger partial charge in [0.1, 0.15) is 5.60 Å². The lowest BCUT2D eigenvalue weighted by molar-refractivity contribution is 0.0177. The molecule has 0 bridgehead atoms. The van der Waals surface area contributed by atoms with Gasteiger partial charge in [0.25, 0.3) is 0 Å². The summed E-state index contributed by atoms with van der Waals surface area (Å²) in [5.41, 5.74) is 5.51. The van der Waals surface area contributed by atoms with Crippen molar-refractivity contribution in [1.82, 2.24) is 4.90 Å². The quantitative estimate of drug-likeness (QED) is 0.693. The minimum Gasteiger partial charge on any atom is -0.444 e. The second-order valence-electron chi connectivity index (χ2n) is 5.28. The number of hydrogen-bond acceptors (Lipinski definition) is 3. The molecule has 1 fully saturated rings. The van der Waals surface area contributed by atoms with E-state index in [4.69, 9.17) is 10.5 Å². The number of amides is 1. The third-order valence-corrected chi connectivity index (χ3v) is 2.67. The number of likely N-dealkylation sites (tertiary alicyclic amines) is 1. The van der Waals surface area contributed by atoms with Gasteiger partial charge < -0.3 is 15.4 Å². The van der Waals surface area contributed by atoms with Gasteiger partial charge in [-0.1, -0.05) is 6.08 Å². The maximum absolute atomic E-state index is 11.8. The Balaban J connectivity index is 2.51. The number of hydrogen-bond donors (Lipinski definition) is 1. The van der Waals surface area contributed by atoms with Crippen molar-refractivity contribution in [2.45, 2.75) is 38.8 Å². The van der Waals surface area contributed by atoms with Crippen LogP contribution in [0, 0.1) is 5.92 Å². The lowest BCUT2D eigenvalue weighted by Gasteiger charge is -2.36. The fourth-order valence-electron chi connectivity index (χ4n) is 1.79. The number of rotatable bonds is 1. The molecular formula is C12H22N2O2. The van der Waals surface area contributed by atoms with Gasteiger partial charge in [-0.05, 0) is 33.1 Å². The van der Waals surface area contributed by atoms with Gasteiger partial charge in [0.2, 0.25) is 0 Å². The topological polar surface area (TPSA) is 55.6 Å². The molecular weight excluding hydrogens is 204 g/mol. The van der Waals surface area contributed by atoms with Crippen molar-refractivity contribution in [2.75, 3.05) is 13.1 Å². The maximum Gasteiger partial charge on any atom is 0.410 e. The summed E-state index contributed by atoms with van der Waals surface area (Å²) in [6.45, 7) is 10.6. The largest absolute Gasteiger partial charge is 0.444 e. The highest BCUT2D eigenvalue weighted by molar-refractivity contribution is 5.68. The van der Waals surface area contributed by atoms with Gasteiger partial charge in [-0.2, -0.15) is 0 Å². The first kappa shape index (κ1) is 13.0. The first-order chi connectivity index (χ1) is 7.33. The fraction of sp³-hybridized carbons (Fsp3) is 0.750. The monoisotopic (exact) mass is 226 g/mol. The van der Waals surface area contributed by atoms with Crippen molar-refractivity contribution in [2.24, 2.45) is 11.7 Å². The van der Waals surface area contributed by atoms with Gasteiger partial charge in [0, 0.05) is 19.1 Å². The molecule has 2 N–H and O–H groups in total. The Morgan fingerprint density at radius 3 is 2.62 bits per heavy atom. The van der Waals surface area contributed by atoms with Gasteiger partial charge in [-0.15, -0.1) is 6.58 Å². The van der Waals surface area contributed by atoms with E-state index in [1.165, 1.54) is 0 Å². The summed E-state index contributed by atoms with van der Waals surface area (Å²) < 4.78 is 5.30. The van der Waals surface area contributed by atoms with Crippen molar-refractivity contribution < 1.29 is 9.53 Å². The van der Waals surface area contributed by atoms with Crippen LogP contribution in [0.2, 0.25) is 0 Å². The lowest BCUT2D eigenvalue weighted by Crippen LogP contribution is -2.51. The predicted molar refractivity (Wildman–Crippen MR) is 64.1 cm³/mol. The Hall–Kier alpha value is -1.03. The van der Waals surface area contributed by atoms with E-state index in [1.807, 2.05) is 26.8 Å². The van der Waals surface area contributed by atoms with E-state index in [0.717, 1.165) is 6.42 Å². The molecule has 0 aromatic carbocycles. The minimum absolute atomic E-state index is 0.0289. The van der Waals surface area contributed by atoms with Crippen molar-refractivity contribution >= 4 is 6.09 Å². The van der Waals surface area contributed by atoms with Crippen LogP contribution >= 0.6 is 0 Å². The highest BCUT2D eigenvalue weighted by Crippen LogP contribution is 2.19. The summed E-state index contributed by atoms with van der Waals surface area (Å²) in [6.07, 6.45) is 2.46. The maximum atomic E-state index is 11.8. The molecule has 1 amide bonds. The van der Waals surface area contributed by atoms with Gasteiger partial charge in [0.15, 0.2) is 0 Å². The molecule has 0 spiro atoms. The van der Waals surface area contributed by atoms with E-state index in [2.05, 4.69) is 6.58 Å². The van der Waals surface area contributed by atoms with Gasteiger partial charge in [0.05, 0.1) is 0 Å². The molecule has 2 atom stereocenters. The Morgan fingerprint density at radius 1 is 1.56 bits per heavy atom. The number of nitrogens with zero attached hydrogens (tertiary/aromatic N) is 1. The number of carbonyl (C=O) groups is 1. The van der Waals surface area contributed by atoms with E-state index >= 15 is 0 Å². The summed E-state index contributed by atoms with van der Waals surface area (Å²) in [6, 6.07) is -0.0289. The summed E-state index contributed by atoms with van der Waals surface area (Å²) in [5, 5.41) is 0. The second kappa shape index (κ2) is 4.87. The summed E-state index contributed by atoms with van der Waals surface area (Å²) in [5.74, 6) is 0.304. The van der Waals surface area contributed by atoms with Crippen molar-refractivity contribution in [3.05, 3.63) is 12.7 Å². The molecule has 1 aliphatic heterocycles. The van der Waals surface area contributed by atoms with E-state index in [0.29, 0.717) is 19.0 Å². The van der Waals surface area contributed by atoms with Crippen LogP contribution < -0.4 is 5.73 Å². The standard InChI is InChI=1S/C12H22N2O2/c1-5-9-6-7-14(8-10(9)13)11(15)16-12(2,3)4/h5,9-10H,1,6-8,13H2,2-4H3. The Kier molecular flexibility index (Phi) is 3.97. The fourth-order valence-corrected chi connectivity index (χ4v) is 1.79. The first-order valence-corrected chi connectivity index (χ1v) is 5.69. The SMILES string of the molecule is C=CC1CCN(C(=O)OC(C)(C)C)CC1N. The van der Waals surface area contributed by atoms with Crippen LogP contribution in [0.4, 0.5) is 4.79 Å². The van der Waals surface area contributed by atoms with Crippen molar-refractivity contribution in [3.8, 4) is 0 Å². The van der Waals surface area contributed by atoms with Crippen LogP contribution in [0.25, 0.3) is 0 Å².